The molecule has 102 valence electrons. The van der Waals surface area contributed by atoms with Gasteiger partial charge in [-0.2, -0.15) is 0 Å². The molecule has 3 nitrogen and oxygen atoms in total. The Morgan fingerprint density at radius 3 is 2.44 bits per heavy atom. The van der Waals surface area contributed by atoms with Crippen LogP contribution in [0.4, 0.5) is 0 Å². The molecule has 0 aliphatic carbocycles. The molecule has 3 N–H and O–H groups in total. The van der Waals surface area contributed by atoms with Gasteiger partial charge in [0.05, 0.1) is 56.2 Å². The Balaban J connectivity index is 1.55. The van der Waals surface area contributed by atoms with Crippen molar-refractivity contribution in [1.29, 1.82) is 0 Å². The predicted molar refractivity (Wildman–Crippen MR) is 69.7 cm³/mol. The molecule has 7 atom stereocenters. The van der Waals surface area contributed by atoms with Crippen LogP contribution in [0, 0.1) is 11.8 Å². The van der Waals surface area contributed by atoms with Gasteiger partial charge in [0, 0.05) is 19.3 Å². The van der Waals surface area contributed by atoms with Crippen molar-refractivity contribution in [1.82, 2.24) is 0 Å². The molecule has 18 heavy (non-hydrogen) atoms. The van der Waals surface area contributed by atoms with Crippen LogP contribution < -0.4 is 9.80 Å². The van der Waals surface area contributed by atoms with Crippen molar-refractivity contribution in [3.8, 4) is 0 Å². The molecule has 0 amide bonds. The van der Waals surface area contributed by atoms with Crippen LogP contribution in [-0.4, -0.2) is 49.5 Å². The van der Waals surface area contributed by atoms with Gasteiger partial charge in [0.15, 0.2) is 0 Å². The standard InChI is InChI=1S/C15H26N2O/c18-13-4-6-17-9-11-7-12(15(17)8-13)10-16-5-2-1-3-14(11)16/h11-15,18H,1-10H2/p+2/t11-,12-,13+,14-,15-/m0/s1. The normalized spacial score (nSPS) is 55.5. The molecule has 4 saturated heterocycles. The number of hydrogen-bond donors (Lipinski definition) is 3. The molecule has 4 rings (SSSR count). The molecule has 4 aliphatic heterocycles. The van der Waals surface area contributed by atoms with E-state index in [2.05, 4.69) is 0 Å². The number of hydrogen-bond acceptors (Lipinski definition) is 1. The van der Waals surface area contributed by atoms with E-state index in [0.29, 0.717) is 0 Å². The van der Waals surface area contributed by atoms with Crippen LogP contribution in [0.3, 0.4) is 0 Å². The summed E-state index contributed by atoms with van der Waals surface area (Å²) >= 11 is 0. The van der Waals surface area contributed by atoms with Crippen molar-refractivity contribution >= 4 is 0 Å². The lowest BCUT2D eigenvalue weighted by Crippen LogP contribution is -3.26. The fourth-order valence-corrected chi connectivity index (χ4v) is 5.66. The average Bonchev–Trinajstić information content (AvgIpc) is 2.40. The molecule has 2 unspecified atom stereocenters. The van der Waals surface area contributed by atoms with Gasteiger partial charge in [-0.05, 0) is 19.3 Å². The summed E-state index contributed by atoms with van der Waals surface area (Å²) in [5.74, 6) is 1.92. The van der Waals surface area contributed by atoms with E-state index in [-0.39, 0.29) is 6.10 Å². The first-order valence-corrected chi connectivity index (χ1v) is 8.18. The molecule has 2 bridgehead atoms. The topological polar surface area (TPSA) is 29.1 Å². The summed E-state index contributed by atoms with van der Waals surface area (Å²) in [5.41, 5.74) is 0. The minimum absolute atomic E-state index is 0.00405. The molecule has 3 heteroatoms. The summed E-state index contributed by atoms with van der Waals surface area (Å²) in [6.45, 7) is 5.51. The first-order valence-electron chi connectivity index (χ1n) is 8.18. The van der Waals surface area contributed by atoms with E-state index in [1.54, 1.807) is 0 Å². The second kappa shape index (κ2) is 4.46. The third-order valence-corrected chi connectivity index (χ3v) is 6.43. The number of aliphatic hydroxyl groups is 1. The molecule has 4 aliphatic rings. The fraction of sp³-hybridized carbons (Fsp3) is 1.00. The van der Waals surface area contributed by atoms with E-state index < -0.39 is 0 Å². The van der Waals surface area contributed by atoms with E-state index in [4.69, 9.17) is 0 Å². The van der Waals surface area contributed by atoms with Gasteiger partial charge in [0.2, 0.25) is 0 Å². The fourth-order valence-electron chi connectivity index (χ4n) is 5.66. The number of piperidine rings is 4. The van der Waals surface area contributed by atoms with E-state index in [1.807, 2.05) is 9.80 Å². The van der Waals surface area contributed by atoms with Crippen molar-refractivity contribution in [3.63, 3.8) is 0 Å². The lowest BCUT2D eigenvalue weighted by Gasteiger charge is -2.53. The molecule has 4 heterocycles. The van der Waals surface area contributed by atoms with E-state index >= 15 is 0 Å². The summed E-state index contributed by atoms with van der Waals surface area (Å²) in [7, 11) is 0. The van der Waals surface area contributed by atoms with Crippen LogP contribution in [0.15, 0.2) is 0 Å². The van der Waals surface area contributed by atoms with Gasteiger partial charge in [0.25, 0.3) is 0 Å². The Labute approximate surface area is 110 Å². The van der Waals surface area contributed by atoms with Crippen molar-refractivity contribution in [2.45, 2.75) is 56.7 Å². The molecule has 0 saturated carbocycles. The molecular formula is C15H28N2O+2. The van der Waals surface area contributed by atoms with Gasteiger partial charge in [-0.3, -0.25) is 0 Å². The van der Waals surface area contributed by atoms with Gasteiger partial charge >= 0.3 is 0 Å². The minimum atomic E-state index is 0.00405. The van der Waals surface area contributed by atoms with Crippen molar-refractivity contribution in [2.24, 2.45) is 11.8 Å². The van der Waals surface area contributed by atoms with Crippen molar-refractivity contribution in [2.75, 3.05) is 26.2 Å². The van der Waals surface area contributed by atoms with Gasteiger partial charge in [-0.15, -0.1) is 0 Å². The minimum Gasteiger partial charge on any atom is -0.393 e. The average molecular weight is 252 g/mol. The highest BCUT2D eigenvalue weighted by Crippen LogP contribution is 2.29. The zero-order chi connectivity index (χ0) is 12.1. The number of fused-ring (bicyclic) bond motifs is 6. The van der Waals surface area contributed by atoms with Crippen LogP contribution in [0.1, 0.15) is 38.5 Å². The SMILES string of the molecule is O[C@@H]1CC[NH+]2C[C@@H]3C[C@@H](C[NH+]4CCCC[C@@H]34)[C@@H]2C1. The molecule has 0 aromatic carbocycles. The maximum absolute atomic E-state index is 9.96. The highest BCUT2D eigenvalue weighted by atomic mass is 16.3. The quantitative estimate of drug-likeness (QED) is 0.480. The Bertz CT molecular complexity index is 322. The first-order chi connectivity index (χ1) is 8.81. The zero-order valence-corrected chi connectivity index (χ0v) is 11.4. The number of quaternary nitrogens is 2. The lowest BCUT2D eigenvalue weighted by atomic mass is 9.70. The van der Waals surface area contributed by atoms with Crippen LogP contribution in [0.2, 0.25) is 0 Å². The second-order valence-electron chi connectivity index (χ2n) is 7.37. The molecule has 4 fully saturated rings. The number of nitrogens with one attached hydrogen (secondary N) is 2. The van der Waals surface area contributed by atoms with Crippen molar-refractivity contribution in [3.05, 3.63) is 0 Å². The summed E-state index contributed by atoms with van der Waals surface area (Å²) in [6.07, 6.45) is 8.05. The largest absolute Gasteiger partial charge is 0.393 e. The zero-order valence-electron chi connectivity index (χ0n) is 11.4. The van der Waals surface area contributed by atoms with Crippen LogP contribution in [0.5, 0.6) is 0 Å². The predicted octanol–water partition coefficient (Wildman–Crippen LogP) is -1.52. The Morgan fingerprint density at radius 2 is 1.56 bits per heavy atom. The van der Waals surface area contributed by atoms with E-state index in [9.17, 15) is 5.11 Å². The smallest absolute Gasteiger partial charge is 0.0982 e. The van der Waals surface area contributed by atoms with Crippen LogP contribution in [0.25, 0.3) is 0 Å². The third-order valence-electron chi connectivity index (χ3n) is 6.43. The van der Waals surface area contributed by atoms with Gasteiger partial charge in [0.1, 0.15) is 0 Å². The summed E-state index contributed by atoms with van der Waals surface area (Å²) in [5, 5.41) is 9.96. The first kappa shape index (κ1) is 11.7. The molecule has 0 aromatic rings. The van der Waals surface area contributed by atoms with E-state index in [1.165, 1.54) is 51.9 Å². The lowest BCUT2D eigenvalue weighted by molar-refractivity contribution is -0.994. The Kier molecular flexibility index (Phi) is 2.90. The molecular weight excluding hydrogens is 224 g/mol. The van der Waals surface area contributed by atoms with Gasteiger partial charge in [-0.1, -0.05) is 0 Å². The van der Waals surface area contributed by atoms with Crippen LogP contribution in [-0.2, 0) is 0 Å². The summed E-state index contributed by atoms with van der Waals surface area (Å²) < 4.78 is 0. The monoisotopic (exact) mass is 252 g/mol. The summed E-state index contributed by atoms with van der Waals surface area (Å²) in [4.78, 5) is 3.78. The number of aliphatic hydroxyl groups excluding tert-OH is 1. The highest BCUT2D eigenvalue weighted by Gasteiger charge is 2.52. The third kappa shape index (κ3) is 1.83. The van der Waals surface area contributed by atoms with E-state index in [0.717, 1.165) is 36.8 Å². The maximum Gasteiger partial charge on any atom is 0.0982 e. The van der Waals surface area contributed by atoms with Gasteiger partial charge in [-0.25, -0.2) is 0 Å². The summed E-state index contributed by atoms with van der Waals surface area (Å²) in [6, 6.07) is 1.79. The highest BCUT2D eigenvalue weighted by molar-refractivity contribution is 4.88. The number of rotatable bonds is 0. The Hall–Kier alpha value is -0.120. The van der Waals surface area contributed by atoms with Crippen molar-refractivity contribution < 1.29 is 14.9 Å². The Morgan fingerprint density at radius 1 is 0.778 bits per heavy atom. The van der Waals surface area contributed by atoms with Crippen LogP contribution >= 0.6 is 0 Å². The second-order valence-corrected chi connectivity index (χ2v) is 7.37. The maximum atomic E-state index is 9.96. The molecule has 0 spiro atoms. The molecule has 0 radical (unpaired) electrons. The van der Waals surface area contributed by atoms with Gasteiger partial charge < -0.3 is 14.9 Å². The molecule has 0 aromatic heterocycles.